The maximum absolute atomic E-state index is 12.3. The van der Waals surface area contributed by atoms with Crippen LogP contribution in [0.5, 0.6) is 5.75 Å². The summed E-state index contributed by atoms with van der Waals surface area (Å²) in [4.78, 5) is 35.7. The number of amides is 3. The first-order valence-electron chi connectivity index (χ1n) is 8.69. The lowest BCUT2D eigenvalue weighted by Gasteiger charge is -2.18. The lowest BCUT2D eigenvalue weighted by atomic mass is 10.1. The largest absolute Gasteiger partial charge is 0.495 e. The van der Waals surface area contributed by atoms with Crippen LogP contribution in [0.3, 0.4) is 0 Å². The van der Waals surface area contributed by atoms with Crippen LogP contribution < -0.4 is 26.2 Å². The van der Waals surface area contributed by atoms with Gasteiger partial charge in [0, 0.05) is 18.2 Å². The Kier molecular flexibility index (Phi) is 6.97. The molecule has 0 aliphatic heterocycles. The van der Waals surface area contributed by atoms with Crippen LogP contribution in [0.15, 0.2) is 42.5 Å². The Morgan fingerprint density at radius 3 is 2.43 bits per heavy atom. The molecule has 0 heterocycles. The van der Waals surface area contributed by atoms with Gasteiger partial charge in [-0.25, -0.2) is 0 Å². The molecule has 28 heavy (non-hydrogen) atoms. The molecule has 148 valence electrons. The Morgan fingerprint density at radius 2 is 1.79 bits per heavy atom. The fourth-order valence-corrected chi connectivity index (χ4v) is 2.49. The van der Waals surface area contributed by atoms with Crippen LogP contribution in [0.4, 0.5) is 11.4 Å². The van der Waals surface area contributed by atoms with Crippen LogP contribution in [0.1, 0.15) is 29.8 Å². The molecule has 0 aliphatic rings. The first-order chi connectivity index (χ1) is 13.3. The number of carbonyl (C=O) groups is 3. The highest BCUT2D eigenvalue weighted by atomic mass is 16.5. The Labute approximate surface area is 163 Å². The molecule has 0 aliphatic carbocycles. The summed E-state index contributed by atoms with van der Waals surface area (Å²) in [5.41, 5.74) is 7.27. The third kappa shape index (κ3) is 5.73. The van der Waals surface area contributed by atoms with Gasteiger partial charge < -0.3 is 15.4 Å². The number of aryl methyl sites for hydroxylation is 1. The van der Waals surface area contributed by atoms with Crippen molar-refractivity contribution in [3.8, 4) is 5.75 Å². The highest BCUT2D eigenvalue weighted by molar-refractivity contribution is 5.96. The molecule has 3 amide bonds. The van der Waals surface area contributed by atoms with Crippen LogP contribution in [0.2, 0.25) is 0 Å². The number of rotatable bonds is 6. The fraction of sp³-hybridized carbons (Fsp3) is 0.250. The molecule has 0 bridgehead atoms. The number of hydrogen-bond donors (Lipinski definition) is 4. The summed E-state index contributed by atoms with van der Waals surface area (Å²) in [6.07, 6.45) is 0. The summed E-state index contributed by atoms with van der Waals surface area (Å²) in [5.74, 6) is -0.541. The van der Waals surface area contributed by atoms with Crippen molar-refractivity contribution in [1.29, 1.82) is 0 Å². The van der Waals surface area contributed by atoms with E-state index >= 15 is 0 Å². The molecule has 0 unspecified atom stereocenters. The maximum atomic E-state index is 12.3. The van der Waals surface area contributed by atoms with Crippen LogP contribution in [-0.2, 0) is 9.59 Å². The van der Waals surface area contributed by atoms with Crippen molar-refractivity contribution in [2.45, 2.75) is 26.8 Å². The highest BCUT2D eigenvalue weighted by Crippen LogP contribution is 2.28. The van der Waals surface area contributed by atoms with Gasteiger partial charge in [-0.3, -0.25) is 25.2 Å². The van der Waals surface area contributed by atoms with Gasteiger partial charge in [0.15, 0.2) is 0 Å². The van der Waals surface area contributed by atoms with Crippen molar-refractivity contribution in [2.75, 3.05) is 17.7 Å². The van der Waals surface area contributed by atoms with Crippen molar-refractivity contribution in [1.82, 2.24) is 10.9 Å². The minimum atomic E-state index is -0.681. The standard InChI is InChI=1S/C20H24N4O4/c1-12-6-5-7-15(10-12)20(27)24-23-19(26)13(2)21-17-11-16(22-14(3)25)8-9-18(17)28-4/h5-11,13,21H,1-4H3,(H,22,25)(H,23,26)(H,24,27)/t13-/m0/s1. The van der Waals surface area contributed by atoms with Crippen molar-refractivity contribution in [3.05, 3.63) is 53.6 Å². The van der Waals surface area contributed by atoms with Gasteiger partial charge in [0.1, 0.15) is 11.8 Å². The van der Waals surface area contributed by atoms with E-state index in [1.165, 1.54) is 14.0 Å². The second-order valence-electron chi connectivity index (χ2n) is 6.28. The number of ether oxygens (including phenoxy) is 1. The second kappa shape index (κ2) is 9.40. The monoisotopic (exact) mass is 384 g/mol. The molecule has 0 aromatic heterocycles. The molecule has 2 aromatic carbocycles. The zero-order valence-electron chi connectivity index (χ0n) is 16.3. The highest BCUT2D eigenvalue weighted by Gasteiger charge is 2.16. The zero-order valence-corrected chi connectivity index (χ0v) is 16.3. The molecule has 1 atom stereocenters. The molecule has 0 radical (unpaired) electrons. The normalized spacial score (nSPS) is 11.1. The molecule has 0 saturated heterocycles. The summed E-state index contributed by atoms with van der Waals surface area (Å²) >= 11 is 0. The van der Waals surface area contributed by atoms with Crippen LogP contribution in [-0.4, -0.2) is 30.9 Å². The summed E-state index contributed by atoms with van der Waals surface area (Å²) in [6, 6.07) is 11.4. The number of benzene rings is 2. The van der Waals surface area contributed by atoms with E-state index in [0.29, 0.717) is 22.7 Å². The Bertz CT molecular complexity index is 882. The molecular weight excluding hydrogens is 360 g/mol. The van der Waals surface area contributed by atoms with Gasteiger partial charge >= 0.3 is 0 Å². The molecule has 2 rings (SSSR count). The number of carbonyl (C=O) groups excluding carboxylic acids is 3. The molecule has 2 aromatic rings. The van der Waals surface area contributed by atoms with Crippen molar-refractivity contribution < 1.29 is 19.1 Å². The average Bonchev–Trinajstić information content (AvgIpc) is 2.65. The number of hydrogen-bond acceptors (Lipinski definition) is 5. The molecule has 8 heteroatoms. The molecule has 0 fully saturated rings. The molecular formula is C20H24N4O4. The van der Waals surface area contributed by atoms with E-state index in [9.17, 15) is 14.4 Å². The second-order valence-corrected chi connectivity index (χ2v) is 6.28. The lowest BCUT2D eigenvalue weighted by molar-refractivity contribution is -0.122. The van der Waals surface area contributed by atoms with E-state index in [1.54, 1.807) is 43.3 Å². The number of nitrogens with one attached hydrogen (secondary N) is 4. The summed E-state index contributed by atoms with van der Waals surface area (Å²) in [7, 11) is 1.51. The van der Waals surface area contributed by atoms with Crippen molar-refractivity contribution in [2.24, 2.45) is 0 Å². The third-order valence-corrected chi connectivity index (χ3v) is 3.86. The lowest BCUT2D eigenvalue weighted by Crippen LogP contribution is -2.47. The van der Waals surface area contributed by atoms with Gasteiger partial charge in [-0.15, -0.1) is 0 Å². The van der Waals surface area contributed by atoms with Crippen LogP contribution >= 0.6 is 0 Å². The van der Waals surface area contributed by atoms with Crippen LogP contribution in [0, 0.1) is 6.92 Å². The third-order valence-electron chi connectivity index (χ3n) is 3.86. The van der Waals surface area contributed by atoms with E-state index in [1.807, 2.05) is 13.0 Å². The van der Waals surface area contributed by atoms with Gasteiger partial charge in [-0.05, 0) is 44.2 Å². The Balaban J connectivity index is 1.99. The first-order valence-corrected chi connectivity index (χ1v) is 8.69. The molecule has 0 spiro atoms. The van der Waals surface area contributed by atoms with Gasteiger partial charge in [0.25, 0.3) is 11.8 Å². The van der Waals surface area contributed by atoms with Gasteiger partial charge in [0.2, 0.25) is 5.91 Å². The van der Waals surface area contributed by atoms with Crippen LogP contribution in [0.25, 0.3) is 0 Å². The van der Waals surface area contributed by atoms with Gasteiger partial charge in [-0.1, -0.05) is 17.7 Å². The number of methoxy groups -OCH3 is 1. The topological polar surface area (TPSA) is 109 Å². The minimum absolute atomic E-state index is 0.208. The molecule has 8 nitrogen and oxygen atoms in total. The van der Waals surface area contributed by atoms with Crippen molar-refractivity contribution >= 4 is 29.1 Å². The molecule has 0 saturated carbocycles. The Morgan fingerprint density at radius 1 is 1.04 bits per heavy atom. The SMILES string of the molecule is COc1ccc(NC(C)=O)cc1N[C@@H](C)C(=O)NNC(=O)c1cccc(C)c1. The zero-order chi connectivity index (χ0) is 20.7. The minimum Gasteiger partial charge on any atom is -0.495 e. The maximum Gasteiger partial charge on any atom is 0.269 e. The van der Waals surface area contributed by atoms with E-state index in [0.717, 1.165) is 5.56 Å². The first kappa shape index (κ1) is 20.8. The van der Waals surface area contributed by atoms with Gasteiger partial charge in [0.05, 0.1) is 12.8 Å². The molecule has 4 N–H and O–H groups in total. The summed E-state index contributed by atoms with van der Waals surface area (Å²) < 4.78 is 5.28. The smallest absolute Gasteiger partial charge is 0.269 e. The van der Waals surface area contributed by atoms with Gasteiger partial charge in [-0.2, -0.15) is 0 Å². The number of anilines is 2. The van der Waals surface area contributed by atoms with E-state index in [4.69, 9.17) is 4.74 Å². The van der Waals surface area contributed by atoms with Crippen molar-refractivity contribution in [3.63, 3.8) is 0 Å². The predicted molar refractivity (Wildman–Crippen MR) is 107 cm³/mol. The van der Waals surface area contributed by atoms with E-state index in [-0.39, 0.29) is 5.91 Å². The predicted octanol–water partition coefficient (Wildman–Crippen LogP) is 2.22. The fourth-order valence-electron chi connectivity index (χ4n) is 2.49. The van der Waals surface area contributed by atoms with E-state index in [2.05, 4.69) is 21.5 Å². The number of hydrazine groups is 1. The Hall–Kier alpha value is -3.55. The average molecular weight is 384 g/mol. The summed E-state index contributed by atoms with van der Waals surface area (Å²) in [6.45, 7) is 4.92. The van der Waals surface area contributed by atoms with E-state index < -0.39 is 17.9 Å². The quantitative estimate of drug-likeness (QED) is 0.571. The summed E-state index contributed by atoms with van der Waals surface area (Å²) in [5, 5.41) is 5.68.